The van der Waals surface area contributed by atoms with Gasteiger partial charge in [-0.2, -0.15) is 0 Å². The second-order valence-corrected chi connectivity index (χ2v) is 33.0. The molecule has 0 heterocycles. The zero-order chi connectivity index (χ0) is 86.2. The Kier molecular flexibility index (Phi) is 83.5. The van der Waals surface area contributed by atoms with Crippen molar-refractivity contribution in [2.75, 3.05) is 0 Å². The van der Waals surface area contributed by atoms with E-state index in [-0.39, 0.29) is 76.1 Å². The minimum Gasteiger partial charge on any atom is -0.385 e. The van der Waals surface area contributed by atoms with Crippen molar-refractivity contribution in [3.8, 4) is 0 Å². The topological polar surface area (TPSA) is 402 Å². The lowest BCUT2D eigenvalue weighted by Crippen LogP contribution is -2.36. The van der Waals surface area contributed by atoms with E-state index in [1.54, 1.807) is 34.6 Å². The number of aliphatic hydroxyl groups excluding tert-OH is 8. The van der Waals surface area contributed by atoms with E-state index < -0.39 is 60.6 Å². The first-order chi connectivity index (χ1) is 46.5. The monoisotopic (exact) mass is 1500 g/mol. The molecule has 104 heavy (non-hydrogen) atoms. The van der Waals surface area contributed by atoms with Crippen LogP contribution in [0.2, 0.25) is 0 Å². The highest BCUT2D eigenvalue weighted by Gasteiger charge is 2.25. The van der Waals surface area contributed by atoms with Crippen molar-refractivity contribution in [2.24, 2.45) is 124 Å². The van der Waals surface area contributed by atoms with E-state index in [1.165, 1.54) is 41.5 Å². The minimum atomic E-state index is -1.00. The fourth-order valence-electron chi connectivity index (χ4n) is 7.36. The molecule has 21 heteroatoms. The summed E-state index contributed by atoms with van der Waals surface area (Å²) in [5.74, 6) is 5.25. The van der Waals surface area contributed by atoms with Gasteiger partial charge < -0.3 is 66.7 Å². The van der Waals surface area contributed by atoms with Crippen LogP contribution in [0.4, 0.5) is 0 Å². The van der Waals surface area contributed by atoms with Gasteiger partial charge in [0.15, 0.2) is 34.7 Å². The Morgan fingerprint density at radius 2 is 0.356 bits per heavy atom. The molecule has 0 saturated heterocycles. The van der Waals surface area contributed by atoms with E-state index >= 15 is 0 Å². The number of hydrogen-bond acceptors (Lipinski definition) is 19. The lowest BCUT2D eigenvalue weighted by atomic mass is 9.90. The Bertz CT molecular complexity index is 1940. The Balaban J connectivity index is -0.000000102. The van der Waals surface area contributed by atoms with Crippen LogP contribution in [0, 0.1) is 112 Å². The molecule has 4 unspecified atom stereocenters. The number of rotatable bonds is 33. The predicted molar refractivity (Wildman–Crippen MR) is 427 cm³/mol. The molecular formula is C83H168N2O19. The number of primary amides is 2. The molecule has 2 amide bonds. The molecule has 0 fully saturated rings. The van der Waals surface area contributed by atoms with Gasteiger partial charge in [-0.1, -0.05) is 208 Å². The first-order valence-electron chi connectivity index (χ1n) is 38.1. The number of carbonyl (C=O) groups is 11. The fraction of sp³-hybridized carbons (Fsp3) is 0.867. The van der Waals surface area contributed by atoms with Gasteiger partial charge in [0, 0.05) is 19.3 Å². The third-order valence-electron chi connectivity index (χ3n) is 18.3. The summed E-state index contributed by atoms with van der Waals surface area (Å²) < 4.78 is 0. The molecule has 0 aliphatic heterocycles. The minimum absolute atomic E-state index is 0.0579. The van der Waals surface area contributed by atoms with E-state index in [0.717, 1.165) is 19.3 Å². The van der Waals surface area contributed by atoms with Crippen LogP contribution in [0.3, 0.4) is 0 Å². The molecule has 21 nitrogen and oxygen atoms in total. The summed E-state index contributed by atoms with van der Waals surface area (Å²) in [5, 5.41) is 72.7. The maximum Gasteiger partial charge on any atom is 0.246 e. The molecule has 0 aliphatic rings. The molecule has 0 bridgehead atoms. The van der Waals surface area contributed by atoms with Gasteiger partial charge in [-0.05, 0) is 194 Å². The number of nitrogens with two attached hydrogens (primary N) is 2. The molecule has 0 saturated carbocycles. The van der Waals surface area contributed by atoms with Crippen molar-refractivity contribution in [2.45, 2.75) is 357 Å². The molecule has 624 valence electrons. The molecule has 0 aromatic carbocycles. The zero-order valence-corrected chi connectivity index (χ0v) is 73.6. The maximum atomic E-state index is 10.6. The number of Topliss-reactive ketones (excluding diaryl/α,β-unsaturated/α-hetero) is 9. The molecule has 0 radical (unpaired) electrons. The largest absolute Gasteiger partial charge is 0.385 e. The quantitative estimate of drug-likeness (QED) is 0.0292. The summed E-state index contributed by atoms with van der Waals surface area (Å²) >= 11 is 0. The summed E-state index contributed by atoms with van der Waals surface area (Å²) in [6, 6.07) is 0. The van der Waals surface area contributed by atoms with Crippen molar-refractivity contribution in [3.63, 3.8) is 0 Å². The van der Waals surface area contributed by atoms with Crippen molar-refractivity contribution in [1.82, 2.24) is 0 Å². The van der Waals surface area contributed by atoms with Gasteiger partial charge in [-0.3, -0.25) is 38.4 Å². The molecule has 12 N–H and O–H groups in total. The second kappa shape index (κ2) is 70.3. The summed E-state index contributed by atoms with van der Waals surface area (Å²) in [6.07, 6.45) is -2.63. The second-order valence-electron chi connectivity index (χ2n) is 33.0. The summed E-state index contributed by atoms with van der Waals surface area (Å²) in [7, 11) is 0. The molecule has 0 spiro atoms. The van der Waals surface area contributed by atoms with Crippen LogP contribution in [-0.2, 0) is 52.7 Å². The van der Waals surface area contributed by atoms with Crippen molar-refractivity contribution in [1.29, 1.82) is 0 Å². The number of ketones is 9. The number of hydrogen-bond donors (Lipinski definition) is 10. The van der Waals surface area contributed by atoms with Crippen LogP contribution in [0.5, 0.6) is 0 Å². The molecule has 16 atom stereocenters. The SMILES string of the molecule is CC(=O)C(O)C(C)C(C)C.CC(=O)C(O)CC(C)C.CC(=O)CC(C)C(C)C.CC(=O)C[C@@H](C)C(C)C.CC(=O)C[C@H](C)C(C)C.CC(=O)[C@@H](O)CC(C)C.CC(=O)[C@@H](O)[C@H](C)C(C)C.CC(=O)[C@H](O)CC(C)C.CC(=O)[C@H](O)[C@H](C)C(C)C.CC(C)[C@H](C)[C@@H](O)C(N)=O.CC(C)[C@H](C)[C@H](O)C(N)=O. The highest BCUT2D eigenvalue weighted by Crippen LogP contribution is 2.20. The summed E-state index contributed by atoms with van der Waals surface area (Å²) in [5.41, 5.74) is 9.77. The summed E-state index contributed by atoms with van der Waals surface area (Å²) in [4.78, 5) is 116. The average molecular weight is 1500 g/mol. The van der Waals surface area contributed by atoms with Gasteiger partial charge in [-0.25, -0.2) is 0 Å². The fourth-order valence-corrected chi connectivity index (χ4v) is 7.36. The van der Waals surface area contributed by atoms with Gasteiger partial charge in [-0.15, -0.1) is 0 Å². The normalized spacial score (nSPS) is 15.4. The number of carbonyl (C=O) groups excluding carboxylic acids is 11. The Hall–Kier alpha value is -4.35. The standard InChI is InChI=1S/3C8H16O2.3C8H16O.2C7H15NO2.3C7H14O2/c3*1-5(2)6(3)8(10)7(4)9;3*1-6(2)7(3)5-8(4)9;2*1-4(2)5(3)6(9)7(8)10;3*1-5(2)4-7(9)6(3)8/h3*5-6,8,10H,1-4H3;3*6-7H,5H2,1-4H3;2*4-6,9H,1-3H3,(H2,8,10);3*5,7,9H,4H2,1-3H3/t6-,8+;6-,8-;;2*7-;;5-,6+;5-,6-;2*7-;/m11.10.0010./s1. The third-order valence-corrected chi connectivity index (χ3v) is 18.3. The van der Waals surface area contributed by atoms with Crippen LogP contribution in [0.1, 0.15) is 309 Å². The molecule has 0 aromatic heterocycles. The average Bonchev–Trinajstić information content (AvgIpc) is 0.950. The van der Waals surface area contributed by atoms with Gasteiger partial charge in [0.2, 0.25) is 11.8 Å². The van der Waals surface area contributed by atoms with Crippen LogP contribution in [-0.4, -0.2) is 154 Å². The van der Waals surface area contributed by atoms with Gasteiger partial charge >= 0.3 is 0 Å². The Labute approximate surface area is 636 Å². The van der Waals surface area contributed by atoms with Crippen LogP contribution in [0.15, 0.2) is 0 Å². The highest BCUT2D eigenvalue weighted by atomic mass is 16.3. The molecule has 0 rings (SSSR count). The molecular weight excluding hydrogens is 1330 g/mol. The van der Waals surface area contributed by atoms with E-state index in [2.05, 4.69) is 62.3 Å². The Morgan fingerprint density at radius 3 is 0.394 bits per heavy atom. The lowest BCUT2D eigenvalue weighted by Gasteiger charge is -2.19. The first-order valence-corrected chi connectivity index (χ1v) is 38.1. The van der Waals surface area contributed by atoms with Gasteiger partial charge in [0.05, 0.1) is 0 Å². The zero-order valence-electron chi connectivity index (χ0n) is 73.6. The van der Waals surface area contributed by atoms with Gasteiger partial charge in [0.1, 0.15) is 66.2 Å². The van der Waals surface area contributed by atoms with Gasteiger partial charge in [0.25, 0.3) is 0 Å². The van der Waals surface area contributed by atoms with Crippen molar-refractivity contribution < 1.29 is 93.6 Å². The van der Waals surface area contributed by atoms with E-state index in [4.69, 9.17) is 37.0 Å². The maximum absolute atomic E-state index is 10.6. The van der Waals surface area contributed by atoms with E-state index in [1.807, 2.05) is 132 Å². The molecule has 0 aromatic rings. The van der Waals surface area contributed by atoms with Crippen LogP contribution in [0.25, 0.3) is 0 Å². The summed E-state index contributed by atoms with van der Waals surface area (Å²) in [6.45, 7) is 73.6. The third kappa shape index (κ3) is 84.9. The highest BCUT2D eigenvalue weighted by molar-refractivity contribution is 5.83. The van der Waals surface area contributed by atoms with E-state index in [9.17, 15) is 68.1 Å². The smallest absolute Gasteiger partial charge is 0.246 e. The lowest BCUT2D eigenvalue weighted by molar-refractivity contribution is -0.129. The van der Waals surface area contributed by atoms with Crippen LogP contribution >= 0.6 is 0 Å². The number of aliphatic hydroxyl groups is 8. The Morgan fingerprint density at radius 1 is 0.221 bits per heavy atom. The molecule has 0 aliphatic carbocycles. The first kappa shape index (κ1) is 123. The predicted octanol–water partition coefficient (Wildman–Crippen LogP) is 13.7. The van der Waals surface area contributed by atoms with Crippen molar-refractivity contribution in [3.05, 3.63) is 0 Å². The number of amides is 2. The van der Waals surface area contributed by atoms with E-state index in [0.29, 0.717) is 108 Å². The van der Waals surface area contributed by atoms with Crippen molar-refractivity contribution >= 4 is 63.9 Å². The van der Waals surface area contributed by atoms with Crippen LogP contribution < -0.4 is 11.5 Å².